The van der Waals surface area contributed by atoms with Gasteiger partial charge in [-0.3, -0.25) is 0 Å². The van der Waals surface area contributed by atoms with Crippen molar-refractivity contribution in [2.24, 2.45) is 0 Å². The lowest BCUT2D eigenvalue weighted by Crippen LogP contribution is -2.33. The second kappa shape index (κ2) is 7.86. The second-order valence-electron chi connectivity index (χ2n) is 7.38. The summed E-state index contributed by atoms with van der Waals surface area (Å²) in [5, 5.41) is 16.6. The smallest absolute Gasteiger partial charge is 0.322 e. The van der Waals surface area contributed by atoms with Crippen LogP contribution in [-0.4, -0.2) is 56.9 Å². The number of aliphatic hydroxyl groups is 1. The third-order valence-corrected chi connectivity index (χ3v) is 5.40. The molecule has 30 heavy (non-hydrogen) atoms. The number of benzene rings is 1. The van der Waals surface area contributed by atoms with Gasteiger partial charge in [-0.1, -0.05) is 0 Å². The molecule has 0 radical (unpaired) electrons. The van der Waals surface area contributed by atoms with Crippen LogP contribution in [0.1, 0.15) is 24.9 Å². The van der Waals surface area contributed by atoms with Crippen molar-refractivity contribution < 1.29 is 18.7 Å². The Hall–Kier alpha value is -3.27. The molecule has 0 aliphatic carbocycles. The number of β-amino-alcohol motifs (C(OH)–C–C–N with tert-alkyl or cyclic N) is 1. The first-order valence-electron chi connectivity index (χ1n) is 9.59. The van der Waals surface area contributed by atoms with Crippen LogP contribution in [0.2, 0.25) is 0 Å². The number of likely N-dealkylation sites (tertiary alicyclic amines) is 1. The fourth-order valence-corrected chi connectivity index (χ4v) is 3.51. The van der Waals surface area contributed by atoms with Gasteiger partial charge in [-0.2, -0.15) is 5.10 Å². The Kier molecular flexibility index (Phi) is 5.25. The summed E-state index contributed by atoms with van der Waals surface area (Å²) in [6, 6.07) is 4.24. The number of nitrogens with zero attached hydrogens (tertiary/aromatic N) is 5. The zero-order valence-corrected chi connectivity index (χ0v) is 16.6. The van der Waals surface area contributed by atoms with Gasteiger partial charge in [0.25, 0.3) is 0 Å². The number of aromatic nitrogens is 3. The van der Waals surface area contributed by atoms with E-state index >= 15 is 0 Å². The Bertz CT molecular complexity index is 1090. The first-order chi connectivity index (χ1) is 14.3. The first-order valence-corrected chi connectivity index (χ1v) is 9.59. The Morgan fingerprint density at radius 3 is 2.90 bits per heavy atom. The summed E-state index contributed by atoms with van der Waals surface area (Å²) < 4.78 is 29.3. The number of aliphatic hydroxyl groups excluding tert-OH is 1. The van der Waals surface area contributed by atoms with E-state index in [-0.39, 0.29) is 18.1 Å². The van der Waals surface area contributed by atoms with Crippen molar-refractivity contribution in [1.29, 1.82) is 0 Å². The average molecular weight is 416 g/mol. The van der Waals surface area contributed by atoms with Crippen molar-refractivity contribution in [2.75, 3.05) is 30.4 Å². The number of hydrogen-bond donors (Lipinski definition) is 2. The predicted octanol–water partition coefficient (Wildman–Crippen LogP) is 2.80. The Morgan fingerprint density at radius 1 is 1.37 bits per heavy atom. The monoisotopic (exact) mass is 416 g/mol. The first kappa shape index (κ1) is 20.0. The zero-order chi connectivity index (χ0) is 21.4. The van der Waals surface area contributed by atoms with Gasteiger partial charge in [0.1, 0.15) is 23.1 Å². The van der Waals surface area contributed by atoms with Crippen molar-refractivity contribution in [3.8, 4) is 0 Å². The maximum absolute atomic E-state index is 14.2. The molecule has 8 nitrogen and oxygen atoms in total. The van der Waals surface area contributed by atoms with Crippen molar-refractivity contribution in [3.63, 3.8) is 0 Å². The van der Waals surface area contributed by atoms with Crippen molar-refractivity contribution >= 4 is 23.2 Å². The van der Waals surface area contributed by atoms with Gasteiger partial charge in [0, 0.05) is 31.9 Å². The largest absolute Gasteiger partial charge is 0.391 e. The van der Waals surface area contributed by atoms with Crippen LogP contribution in [-0.2, 0) is 0 Å². The normalized spacial score (nSPS) is 17.4. The van der Waals surface area contributed by atoms with Crippen LogP contribution in [0.25, 0.3) is 5.65 Å². The third kappa shape index (κ3) is 3.78. The Balaban J connectivity index is 1.59. The maximum Gasteiger partial charge on any atom is 0.322 e. The minimum Gasteiger partial charge on any atom is -0.391 e. The van der Waals surface area contributed by atoms with Gasteiger partial charge < -0.3 is 20.2 Å². The zero-order valence-electron chi connectivity index (χ0n) is 16.6. The third-order valence-electron chi connectivity index (χ3n) is 5.40. The molecule has 158 valence electrons. The molecule has 0 unspecified atom stereocenters. The lowest BCUT2D eigenvalue weighted by molar-refractivity contribution is 0.176. The predicted molar refractivity (Wildman–Crippen MR) is 107 cm³/mol. The van der Waals surface area contributed by atoms with Crippen LogP contribution in [0, 0.1) is 11.6 Å². The molecule has 0 bridgehead atoms. The van der Waals surface area contributed by atoms with Crippen molar-refractivity contribution in [1.82, 2.24) is 19.5 Å². The number of urea groups is 1. The molecule has 0 spiro atoms. The molecule has 2 atom stereocenters. The molecule has 2 N–H and O–H groups in total. The molecule has 1 fully saturated rings. The molecule has 1 aromatic carbocycles. The van der Waals surface area contributed by atoms with E-state index in [1.807, 2.05) is 0 Å². The van der Waals surface area contributed by atoms with E-state index in [1.54, 1.807) is 31.1 Å². The molecule has 3 heterocycles. The molecule has 1 saturated heterocycles. The van der Waals surface area contributed by atoms with Gasteiger partial charge in [-0.05, 0) is 37.6 Å². The maximum atomic E-state index is 14.2. The van der Waals surface area contributed by atoms with Gasteiger partial charge in [0.2, 0.25) is 0 Å². The van der Waals surface area contributed by atoms with Gasteiger partial charge >= 0.3 is 6.03 Å². The number of anilines is 2. The standard InChI is InChI=1S/C20H22F2N6O2/c1-12(15-9-13(21)3-4-16(15)22)26(2)18-6-8-28-19(25-18)17(10-23-28)24-20(30)27-7-5-14(29)11-27/h3-4,6,8-10,12,14,29H,5,7,11H2,1-2H3,(H,24,30)/t12-,14+/m1/s1. The molecule has 0 saturated carbocycles. The van der Waals surface area contributed by atoms with Crippen LogP contribution < -0.4 is 10.2 Å². The minimum atomic E-state index is -0.511. The topological polar surface area (TPSA) is 86.0 Å². The quantitative estimate of drug-likeness (QED) is 0.683. The minimum absolute atomic E-state index is 0.216. The number of carbonyl (C=O) groups is 1. The summed E-state index contributed by atoms with van der Waals surface area (Å²) >= 11 is 0. The van der Waals surface area contributed by atoms with Gasteiger partial charge in [0.05, 0.1) is 18.3 Å². The highest BCUT2D eigenvalue weighted by Gasteiger charge is 2.25. The van der Waals surface area contributed by atoms with Gasteiger partial charge in [-0.15, -0.1) is 0 Å². The Labute approximate surface area is 171 Å². The summed E-state index contributed by atoms with van der Waals surface area (Å²) in [5.74, 6) is -0.504. The van der Waals surface area contributed by atoms with Crippen LogP contribution in [0.3, 0.4) is 0 Å². The molecule has 2 aromatic heterocycles. The van der Waals surface area contributed by atoms with E-state index < -0.39 is 23.8 Å². The highest BCUT2D eigenvalue weighted by atomic mass is 19.1. The van der Waals surface area contributed by atoms with E-state index in [2.05, 4.69) is 15.4 Å². The molecular formula is C20H22F2N6O2. The van der Waals surface area contributed by atoms with E-state index in [0.717, 1.165) is 12.1 Å². The van der Waals surface area contributed by atoms with E-state index in [4.69, 9.17) is 0 Å². The number of nitrogens with one attached hydrogen (secondary N) is 1. The number of carbonyl (C=O) groups excluding carboxylic acids is 1. The highest BCUT2D eigenvalue weighted by Crippen LogP contribution is 2.28. The number of halogens is 2. The van der Waals surface area contributed by atoms with Crippen LogP contribution in [0.15, 0.2) is 36.7 Å². The molecule has 1 aliphatic rings. The fourth-order valence-electron chi connectivity index (χ4n) is 3.51. The number of rotatable bonds is 4. The van der Waals surface area contributed by atoms with Crippen molar-refractivity contribution in [3.05, 3.63) is 53.9 Å². The lowest BCUT2D eigenvalue weighted by atomic mass is 10.1. The lowest BCUT2D eigenvalue weighted by Gasteiger charge is -2.26. The highest BCUT2D eigenvalue weighted by molar-refractivity contribution is 5.93. The summed E-state index contributed by atoms with van der Waals surface area (Å²) in [6.07, 6.45) is 3.21. The Morgan fingerprint density at radius 2 is 2.17 bits per heavy atom. The second-order valence-corrected chi connectivity index (χ2v) is 7.38. The van der Waals surface area contributed by atoms with Crippen LogP contribution in [0.4, 0.5) is 25.1 Å². The van der Waals surface area contributed by atoms with Crippen LogP contribution >= 0.6 is 0 Å². The van der Waals surface area contributed by atoms with Gasteiger partial charge in [0.15, 0.2) is 5.65 Å². The molecule has 4 rings (SSSR count). The molecule has 10 heteroatoms. The van der Waals surface area contributed by atoms with E-state index in [1.165, 1.54) is 21.7 Å². The SMILES string of the molecule is C[C@H](c1cc(F)ccc1F)N(C)c1ccn2ncc(NC(=O)N3CC[C@H](O)C3)c2n1. The average Bonchev–Trinajstić information content (AvgIpc) is 3.34. The fraction of sp³-hybridized carbons (Fsp3) is 0.350. The summed E-state index contributed by atoms with van der Waals surface area (Å²) in [7, 11) is 1.73. The number of amides is 2. The van der Waals surface area contributed by atoms with E-state index in [9.17, 15) is 18.7 Å². The summed E-state index contributed by atoms with van der Waals surface area (Å²) in [6.45, 7) is 2.51. The molecule has 2 amide bonds. The molecule has 3 aromatic rings. The number of fused-ring (bicyclic) bond motifs is 1. The number of hydrogen-bond acceptors (Lipinski definition) is 5. The van der Waals surface area contributed by atoms with E-state index in [0.29, 0.717) is 30.1 Å². The summed E-state index contributed by atoms with van der Waals surface area (Å²) in [4.78, 5) is 20.2. The molecular weight excluding hydrogens is 394 g/mol. The van der Waals surface area contributed by atoms with Gasteiger partial charge in [-0.25, -0.2) is 23.1 Å². The van der Waals surface area contributed by atoms with Crippen molar-refractivity contribution in [2.45, 2.75) is 25.5 Å². The molecule has 1 aliphatic heterocycles. The summed E-state index contributed by atoms with van der Waals surface area (Å²) in [5.41, 5.74) is 1.05. The van der Waals surface area contributed by atoms with Crippen LogP contribution in [0.5, 0.6) is 0 Å².